The number of allylic oxidation sites excluding steroid dienone is 3. The zero-order chi connectivity index (χ0) is 28.3. The maximum Gasteiger partial charge on any atom is 0.265 e. The van der Waals surface area contributed by atoms with Gasteiger partial charge in [0.05, 0.1) is 11.3 Å². The third-order valence-corrected chi connectivity index (χ3v) is 5.24. The van der Waals surface area contributed by atoms with Crippen LogP contribution in [0.5, 0.6) is 0 Å². The lowest BCUT2D eigenvalue weighted by atomic mass is 9.96. The van der Waals surface area contributed by atoms with Crippen molar-refractivity contribution >= 4 is 5.70 Å². The van der Waals surface area contributed by atoms with Crippen molar-refractivity contribution in [2.75, 3.05) is 0 Å². The van der Waals surface area contributed by atoms with Crippen molar-refractivity contribution in [1.82, 2.24) is 15.0 Å². The summed E-state index contributed by atoms with van der Waals surface area (Å²) < 4.78 is 33.6. The molecular formula is C28H39F2N5O2. The smallest absolute Gasteiger partial charge is 0.265 e. The molecule has 9 heteroatoms. The highest BCUT2D eigenvalue weighted by atomic mass is 19.1. The first-order valence-corrected chi connectivity index (χ1v) is 12.4. The van der Waals surface area contributed by atoms with E-state index in [9.17, 15) is 13.9 Å². The Bertz CT molecular complexity index is 1190. The largest absolute Gasteiger partial charge is 0.442 e. The first-order chi connectivity index (χ1) is 17.5. The van der Waals surface area contributed by atoms with Gasteiger partial charge < -0.3 is 21.0 Å². The molecule has 0 aliphatic heterocycles. The number of aliphatic hydroxyl groups is 1. The van der Waals surface area contributed by atoms with Gasteiger partial charge in [0.1, 0.15) is 29.2 Å². The minimum atomic E-state index is -1.17. The fourth-order valence-electron chi connectivity index (χ4n) is 3.23. The molecule has 0 amide bonds. The van der Waals surface area contributed by atoms with E-state index in [-0.39, 0.29) is 28.9 Å². The summed E-state index contributed by atoms with van der Waals surface area (Å²) in [5.41, 5.74) is 12.9. The van der Waals surface area contributed by atoms with E-state index in [4.69, 9.17) is 15.9 Å². The number of nitrogens with two attached hydrogens (primary N) is 2. The average Bonchev–Trinajstić information content (AvgIpc) is 3.40. The quantitative estimate of drug-likeness (QED) is 0.310. The van der Waals surface area contributed by atoms with E-state index in [1.165, 1.54) is 18.4 Å². The van der Waals surface area contributed by atoms with Crippen molar-refractivity contribution in [3.05, 3.63) is 82.7 Å². The second-order valence-corrected chi connectivity index (χ2v) is 8.15. The number of nitrogens with zero attached hydrogens (tertiary/aromatic N) is 3. The van der Waals surface area contributed by atoms with E-state index in [0.717, 1.165) is 12.1 Å². The molecule has 1 aromatic carbocycles. The number of oxazole rings is 1. The van der Waals surface area contributed by atoms with Crippen molar-refractivity contribution < 1.29 is 18.3 Å². The van der Waals surface area contributed by atoms with Gasteiger partial charge in [-0.1, -0.05) is 47.6 Å². The Hall–Kier alpha value is -3.59. The maximum absolute atomic E-state index is 14.1. The molecule has 7 nitrogen and oxygen atoms in total. The van der Waals surface area contributed by atoms with E-state index in [2.05, 4.69) is 15.0 Å². The first-order valence-electron chi connectivity index (χ1n) is 12.4. The van der Waals surface area contributed by atoms with Gasteiger partial charge in [0.15, 0.2) is 0 Å². The van der Waals surface area contributed by atoms with Crippen LogP contribution in [0.1, 0.15) is 84.7 Å². The second-order valence-electron chi connectivity index (χ2n) is 8.15. The van der Waals surface area contributed by atoms with Gasteiger partial charge in [-0.25, -0.2) is 23.7 Å². The van der Waals surface area contributed by atoms with Crippen LogP contribution in [0.2, 0.25) is 0 Å². The summed E-state index contributed by atoms with van der Waals surface area (Å²) in [6.45, 7) is 14.9. The predicted octanol–water partition coefficient (Wildman–Crippen LogP) is 6.42. The van der Waals surface area contributed by atoms with E-state index in [1.54, 1.807) is 26.1 Å². The minimum Gasteiger partial charge on any atom is -0.442 e. The van der Waals surface area contributed by atoms with Crippen LogP contribution in [0, 0.1) is 11.6 Å². The molecule has 1 unspecified atom stereocenters. The van der Waals surface area contributed by atoms with Crippen LogP contribution in [-0.2, 0) is 5.60 Å². The van der Waals surface area contributed by atoms with Gasteiger partial charge in [-0.15, -0.1) is 0 Å². The fraction of sp³-hybridized carbons (Fsp3) is 0.393. The molecule has 0 saturated carbocycles. The predicted molar refractivity (Wildman–Crippen MR) is 144 cm³/mol. The van der Waals surface area contributed by atoms with Crippen LogP contribution < -0.4 is 11.5 Å². The molecule has 0 fully saturated rings. The Morgan fingerprint density at radius 1 is 1.08 bits per heavy atom. The van der Waals surface area contributed by atoms with E-state index in [1.807, 2.05) is 41.5 Å². The zero-order valence-electron chi connectivity index (χ0n) is 22.9. The lowest BCUT2D eigenvalue weighted by Gasteiger charge is -2.16. The number of hydrogen-bond donors (Lipinski definition) is 3. The highest BCUT2D eigenvalue weighted by molar-refractivity contribution is 5.66. The highest BCUT2D eigenvalue weighted by Gasteiger charge is 2.23. The van der Waals surface area contributed by atoms with Crippen molar-refractivity contribution in [3.8, 4) is 11.7 Å². The van der Waals surface area contributed by atoms with Gasteiger partial charge in [0.2, 0.25) is 5.82 Å². The Kier molecular flexibility index (Phi) is 12.1. The Balaban J connectivity index is 0.00000163. The van der Waals surface area contributed by atoms with Gasteiger partial charge in [0.25, 0.3) is 5.89 Å². The van der Waals surface area contributed by atoms with Crippen molar-refractivity contribution in [2.45, 2.75) is 73.3 Å². The molecule has 0 bridgehead atoms. The first kappa shape index (κ1) is 31.4. The van der Waals surface area contributed by atoms with Gasteiger partial charge in [0, 0.05) is 23.5 Å². The summed E-state index contributed by atoms with van der Waals surface area (Å²) >= 11 is 0. The summed E-state index contributed by atoms with van der Waals surface area (Å²) in [7, 11) is 0. The molecule has 2 heterocycles. The van der Waals surface area contributed by atoms with Gasteiger partial charge >= 0.3 is 0 Å². The number of aromatic nitrogens is 3. The van der Waals surface area contributed by atoms with E-state index < -0.39 is 17.2 Å². The SMILES string of the molecule is CC.CC.CCC(/C=C(\N)c1c(F)cccc1F)=C(/N)C(C)c1ccnc(-c2nc(C(C)(C)O)co2)n1. The Morgan fingerprint density at radius 3 is 2.19 bits per heavy atom. The summed E-state index contributed by atoms with van der Waals surface area (Å²) in [5, 5.41) is 10.1. The number of benzene rings is 1. The number of hydrogen-bond acceptors (Lipinski definition) is 7. The molecule has 0 aliphatic rings. The standard InChI is InChI=1S/C24H27F2N5O2.2C2H6/c1-5-14(11-17(27)20-15(25)7-6-8-16(20)26)21(28)13(2)18-9-10-29-22(30-18)23-31-19(12-33-23)24(3,4)32;2*1-2/h6-13,32H,5,27-28H2,1-4H3;2*1-2H3/b17-11-,21-14-;;. The van der Waals surface area contributed by atoms with Crippen LogP contribution in [0.4, 0.5) is 8.78 Å². The van der Waals surface area contributed by atoms with Gasteiger partial charge in [-0.05, 0) is 50.1 Å². The lowest BCUT2D eigenvalue weighted by Crippen LogP contribution is -2.15. The normalized spacial score (nSPS) is 13.0. The Labute approximate surface area is 218 Å². The minimum absolute atomic E-state index is 0.0556. The summed E-state index contributed by atoms with van der Waals surface area (Å²) in [6, 6.07) is 5.28. The van der Waals surface area contributed by atoms with Crippen LogP contribution in [-0.4, -0.2) is 20.1 Å². The molecular weight excluding hydrogens is 476 g/mol. The topological polar surface area (TPSA) is 124 Å². The van der Waals surface area contributed by atoms with Crippen LogP contribution in [0.25, 0.3) is 17.4 Å². The zero-order valence-corrected chi connectivity index (χ0v) is 22.9. The molecule has 0 spiro atoms. The lowest BCUT2D eigenvalue weighted by molar-refractivity contribution is 0.0738. The monoisotopic (exact) mass is 515 g/mol. The summed E-state index contributed by atoms with van der Waals surface area (Å²) in [5.74, 6) is -1.45. The van der Waals surface area contributed by atoms with Crippen LogP contribution >= 0.6 is 0 Å². The third-order valence-electron chi connectivity index (χ3n) is 5.24. The van der Waals surface area contributed by atoms with Crippen LogP contribution in [0.15, 0.2) is 58.5 Å². The molecule has 0 radical (unpaired) electrons. The van der Waals surface area contributed by atoms with E-state index >= 15 is 0 Å². The van der Waals surface area contributed by atoms with Gasteiger partial charge in [-0.3, -0.25) is 0 Å². The molecule has 2 aromatic heterocycles. The van der Waals surface area contributed by atoms with Crippen molar-refractivity contribution in [1.29, 1.82) is 0 Å². The fourth-order valence-corrected chi connectivity index (χ4v) is 3.23. The molecule has 202 valence electrons. The summed E-state index contributed by atoms with van der Waals surface area (Å²) in [4.78, 5) is 13.0. The van der Waals surface area contributed by atoms with Crippen molar-refractivity contribution in [2.24, 2.45) is 11.5 Å². The molecule has 3 rings (SSSR count). The average molecular weight is 516 g/mol. The molecule has 0 saturated heterocycles. The molecule has 0 aliphatic carbocycles. The second kappa shape index (κ2) is 14.2. The number of halogens is 2. The van der Waals surface area contributed by atoms with Crippen molar-refractivity contribution in [3.63, 3.8) is 0 Å². The maximum atomic E-state index is 14.1. The Morgan fingerprint density at radius 2 is 1.68 bits per heavy atom. The van der Waals surface area contributed by atoms with Crippen LogP contribution in [0.3, 0.4) is 0 Å². The summed E-state index contributed by atoms with van der Waals surface area (Å²) in [6.07, 6.45) is 4.88. The highest BCUT2D eigenvalue weighted by Crippen LogP contribution is 2.28. The third kappa shape index (κ3) is 7.95. The molecule has 1 atom stereocenters. The number of rotatable bonds is 7. The molecule has 37 heavy (non-hydrogen) atoms. The molecule has 3 aromatic rings. The molecule has 5 N–H and O–H groups in total. The van der Waals surface area contributed by atoms with Gasteiger partial charge in [-0.2, -0.15) is 0 Å². The van der Waals surface area contributed by atoms with E-state index in [0.29, 0.717) is 29.1 Å².